The summed E-state index contributed by atoms with van der Waals surface area (Å²) in [5.74, 6) is -1.10. The maximum absolute atomic E-state index is 13.7. The van der Waals surface area contributed by atoms with Crippen LogP contribution in [0.25, 0.3) is 11.6 Å². The maximum Gasteiger partial charge on any atom is 0.455 e. The van der Waals surface area contributed by atoms with Crippen LogP contribution in [0.5, 0.6) is 5.75 Å². The SMILES string of the molecule is CC1=C2[C@@H](CC/C(=C/c3ccc(O)cc3)c3ccccn3)OB(O)C[C@@H]2[C@@H]2C(=O)N(Cc3cccs3)C(=O)[C@@H]2C1. The molecule has 0 bridgehead atoms. The highest BCUT2D eigenvalue weighted by Gasteiger charge is 2.56. The van der Waals surface area contributed by atoms with Crippen molar-refractivity contribution in [2.45, 2.75) is 45.2 Å². The molecule has 0 spiro atoms. The van der Waals surface area contributed by atoms with Gasteiger partial charge in [0, 0.05) is 11.1 Å². The van der Waals surface area contributed by atoms with Gasteiger partial charge in [0.05, 0.1) is 30.2 Å². The Labute approximate surface area is 238 Å². The van der Waals surface area contributed by atoms with Crippen LogP contribution in [0.2, 0.25) is 6.32 Å². The molecule has 2 fully saturated rings. The van der Waals surface area contributed by atoms with Crippen molar-refractivity contribution in [2.75, 3.05) is 0 Å². The molecular formula is C31H31BN2O5S. The fraction of sp³-hybridized carbons (Fsp3) is 0.323. The maximum atomic E-state index is 13.7. The molecule has 1 aromatic carbocycles. The zero-order valence-electron chi connectivity index (χ0n) is 22.3. The van der Waals surface area contributed by atoms with Gasteiger partial charge in [-0.25, -0.2) is 0 Å². The van der Waals surface area contributed by atoms with Crippen LogP contribution in [-0.2, 0) is 20.8 Å². The number of benzene rings is 1. The van der Waals surface area contributed by atoms with E-state index in [-0.39, 0.29) is 35.5 Å². The molecule has 4 atom stereocenters. The summed E-state index contributed by atoms with van der Waals surface area (Å²) in [5, 5.41) is 22.4. The second-order valence-electron chi connectivity index (χ2n) is 10.9. The Hall–Kier alpha value is -3.53. The van der Waals surface area contributed by atoms with E-state index in [2.05, 4.69) is 11.1 Å². The highest BCUT2D eigenvalue weighted by atomic mass is 32.1. The summed E-state index contributed by atoms with van der Waals surface area (Å²) in [4.78, 5) is 34.0. The fourth-order valence-corrected chi connectivity index (χ4v) is 7.28. The number of hydrogen-bond donors (Lipinski definition) is 2. The number of hydrogen-bond acceptors (Lipinski definition) is 7. The Morgan fingerprint density at radius 3 is 2.67 bits per heavy atom. The standard InChI is InChI=1S/C31H31BN2O5S/c1-19-15-24-29(31(37)34(30(24)36)18-23-5-4-14-40-23)25-17-32(38)39-27(28(19)25)12-9-21(26-6-2-3-13-33-26)16-20-7-10-22(35)11-8-20/h2-8,10-11,13-14,16,24-25,27,29,35,38H,9,12,15,17-18H2,1H3/b21-16-/t24-,25+,27-,29-/m1/s1. The monoisotopic (exact) mass is 554 g/mol. The zero-order valence-corrected chi connectivity index (χ0v) is 23.1. The lowest BCUT2D eigenvalue weighted by Crippen LogP contribution is -2.46. The number of rotatable bonds is 7. The molecule has 0 radical (unpaired) electrons. The molecule has 6 rings (SSSR count). The normalized spacial score (nSPS) is 24.9. The number of allylic oxidation sites excluding steroid dienone is 2. The molecule has 1 aliphatic carbocycles. The summed E-state index contributed by atoms with van der Waals surface area (Å²) in [6.45, 7) is 2.35. The fourth-order valence-electron chi connectivity index (χ4n) is 6.58. The average molecular weight is 554 g/mol. The molecule has 2 saturated heterocycles. The minimum Gasteiger partial charge on any atom is -0.508 e. The Morgan fingerprint density at radius 1 is 1.12 bits per heavy atom. The van der Waals surface area contributed by atoms with Crippen molar-refractivity contribution in [1.82, 2.24) is 9.88 Å². The molecular weight excluding hydrogens is 523 g/mol. The van der Waals surface area contributed by atoms with Crippen LogP contribution in [-0.4, -0.2) is 45.1 Å². The predicted octanol–water partition coefficient (Wildman–Crippen LogP) is 5.19. The number of thiophene rings is 1. The van der Waals surface area contributed by atoms with Crippen molar-refractivity contribution >= 4 is 41.9 Å². The van der Waals surface area contributed by atoms with Crippen molar-refractivity contribution in [1.29, 1.82) is 0 Å². The van der Waals surface area contributed by atoms with E-state index in [9.17, 15) is 19.7 Å². The summed E-state index contributed by atoms with van der Waals surface area (Å²) in [7, 11) is -1.00. The van der Waals surface area contributed by atoms with E-state index in [4.69, 9.17) is 4.65 Å². The molecule has 7 nitrogen and oxygen atoms in total. The van der Waals surface area contributed by atoms with E-state index in [0.29, 0.717) is 32.1 Å². The molecule has 40 heavy (non-hydrogen) atoms. The molecule has 2 aromatic heterocycles. The Balaban J connectivity index is 1.26. The number of likely N-dealkylation sites (tertiary alicyclic amines) is 1. The number of aromatic hydroxyl groups is 1. The van der Waals surface area contributed by atoms with Crippen molar-refractivity contribution in [3.05, 3.63) is 93.5 Å². The highest BCUT2D eigenvalue weighted by Crippen LogP contribution is 2.50. The third-order valence-corrected chi connectivity index (χ3v) is 9.20. The van der Waals surface area contributed by atoms with Gasteiger partial charge in [-0.1, -0.05) is 29.8 Å². The number of fused-ring (bicyclic) bond motifs is 3. The number of aromatic nitrogens is 1. The molecule has 3 aromatic rings. The quantitative estimate of drug-likeness (QED) is 0.237. The summed E-state index contributed by atoms with van der Waals surface area (Å²) >= 11 is 1.54. The lowest BCUT2D eigenvalue weighted by molar-refractivity contribution is -0.140. The van der Waals surface area contributed by atoms with Gasteiger partial charge in [0.15, 0.2) is 0 Å². The van der Waals surface area contributed by atoms with Crippen molar-refractivity contribution in [3.63, 3.8) is 0 Å². The van der Waals surface area contributed by atoms with E-state index in [1.165, 1.54) is 4.90 Å². The van der Waals surface area contributed by atoms with Crippen molar-refractivity contribution in [2.24, 2.45) is 17.8 Å². The van der Waals surface area contributed by atoms with E-state index in [0.717, 1.165) is 32.9 Å². The van der Waals surface area contributed by atoms with E-state index >= 15 is 0 Å². The molecule has 0 saturated carbocycles. The molecule has 2 N–H and O–H groups in total. The summed E-state index contributed by atoms with van der Waals surface area (Å²) < 4.78 is 6.11. The van der Waals surface area contributed by atoms with Gasteiger partial charge in [-0.05, 0) is 96.9 Å². The molecule has 3 aliphatic rings. The first-order chi connectivity index (χ1) is 19.4. The lowest BCUT2D eigenvalue weighted by atomic mass is 9.58. The second-order valence-corrected chi connectivity index (χ2v) is 11.9. The number of amides is 2. The van der Waals surface area contributed by atoms with Crippen LogP contribution < -0.4 is 0 Å². The van der Waals surface area contributed by atoms with Gasteiger partial charge < -0.3 is 14.8 Å². The van der Waals surface area contributed by atoms with E-state index in [1.807, 2.05) is 54.8 Å². The molecule has 2 amide bonds. The van der Waals surface area contributed by atoms with Crippen LogP contribution in [0.4, 0.5) is 0 Å². The number of nitrogens with zero attached hydrogens (tertiary/aromatic N) is 2. The van der Waals surface area contributed by atoms with Crippen LogP contribution in [0, 0.1) is 17.8 Å². The summed E-state index contributed by atoms with van der Waals surface area (Å²) in [6.07, 6.45) is 5.52. The first-order valence-electron chi connectivity index (χ1n) is 13.7. The minimum absolute atomic E-state index is 0.103. The van der Waals surface area contributed by atoms with Crippen molar-refractivity contribution < 1.29 is 24.4 Å². The number of carbonyl (C=O) groups excluding carboxylic acids is 2. The van der Waals surface area contributed by atoms with Crippen molar-refractivity contribution in [3.8, 4) is 5.75 Å². The first-order valence-corrected chi connectivity index (χ1v) is 14.6. The molecule has 4 heterocycles. The number of carbonyl (C=O) groups is 2. The Bertz CT molecular complexity index is 1450. The lowest BCUT2D eigenvalue weighted by Gasteiger charge is -2.42. The van der Waals surface area contributed by atoms with Gasteiger partial charge >= 0.3 is 7.12 Å². The summed E-state index contributed by atoms with van der Waals surface area (Å²) in [6, 6.07) is 16.7. The van der Waals surface area contributed by atoms with Gasteiger partial charge in [-0.3, -0.25) is 19.5 Å². The second kappa shape index (κ2) is 11.2. The van der Waals surface area contributed by atoms with Crippen LogP contribution in [0.15, 0.2) is 77.3 Å². The minimum atomic E-state index is -1.00. The molecule has 0 unspecified atom stereocenters. The molecule has 204 valence electrons. The summed E-state index contributed by atoms with van der Waals surface area (Å²) in [5.41, 5.74) is 4.95. The van der Waals surface area contributed by atoms with E-state index in [1.54, 1.807) is 29.7 Å². The zero-order chi connectivity index (χ0) is 27.8. The smallest absolute Gasteiger partial charge is 0.455 e. The van der Waals surface area contributed by atoms with Gasteiger partial charge in [-0.15, -0.1) is 11.3 Å². The number of phenols is 1. The third kappa shape index (κ3) is 5.17. The number of imide groups is 1. The number of phenolic OH excluding ortho intramolecular Hbond substituents is 1. The largest absolute Gasteiger partial charge is 0.508 e. The number of pyridine rings is 1. The molecule has 2 aliphatic heterocycles. The van der Waals surface area contributed by atoms with Gasteiger partial charge in [0.25, 0.3) is 0 Å². The Morgan fingerprint density at radius 2 is 1.95 bits per heavy atom. The topological polar surface area (TPSA) is 100.0 Å². The van der Waals surface area contributed by atoms with E-state index < -0.39 is 13.0 Å². The van der Waals surface area contributed by atoms with Gasteiger partial charge in [0.2, 0.25) is 11.8 Å². The first kappa shape index (κ1) is 26.7. The average Bonchev–Trinajstić information content (AvgIpc) is 3.55. The van der Waals surface area contributed by atoms with Crippen LogP contribution >= 0.6 is 11.3 Å². The highest BCUT2D eigenvalue weighted by molar-refractivity contribution is 7.09. The molecule has 9 heteroatoms. The van der Waals surface area contributed by atoms with Crippen LogP contribution in [0.1, 0.15) is 42.3 Å². The van der Waals surface area contributed by atoms with Gasteiger partial charge in [0.1, 0.15) is 5.75 Å². The predicted molar refractivity (Wildman–Crippen MR) is 155 cm³/mol. The van der Waals surface area contributed by atoms with Crippen LogP contribution in [0.3, 0.4) is 0 Å². The Kier molecular flexibility index (Phi) is 7.44. The third-order valence-electron chi connectivity index (χ3n) is 8.34. The van der Waals surface area contributed by atoms with Gasteiger partial charge in [-0.2, -0.15) is 0 Å².